The van der Waals surface area contributed by atoms with Crippen molar-refractivity contribution in [1.82, 2.24) is 0 Å². The van der Waals surface area contributed by atoms with Crippen LogP contribution in [0.25, 0.3) is 0 Å². The van der Waals surface area contributed by atoms with Gasteiger partial charge in [-0.1, -0.05) is 23.2 Å². The molecule has 1 aromatic rings. The van der Waals surface area contributed by atoms with Crippen LogP contribution >= 0.6 is 34.8 Å². The fraction of sp³-hybridized carbons (Fsp3) is 0.222. The fourth-order valence-electron chi connectivity index (χ4n) is 0.816. The van der Waals surface area contributed by atoms with Crippen LogP contribution in [0.1, 0.15) is 6.92 Å². The van der Waals surface area contributed by atoms with Crippen LogP contribution in [0.3, 0.4) is 0 Å². The van der Waals surface area contributed by atoms with Crippen molar-refractivity contribution in [2.75, 3.05) is 5.32 Å². The average molecular weight is 253 g/mol. The summed E-state index contributed by atoms with van der Waals surface area (Å²) in [6, 6.07) is 4.84. The minimum absolute atomic E-state index is 0.273. The molecule has 0 saturated heterocycles. The third-order valence-electron chi connectivity index (χ3n) is 1.55. The molecular weight excluding hydrogens is 244 g/mol. The molecule has 0 saturated carbocycles. The van der Waals surface area contributed by atoms with Crippen LogP contribution in [0.4, 0.5) is 5.69 Å². The molecule has 0 heterocycles. The molecule has 1 N–H and O–H groups in total. The Morgan fingerprint density at radius 1 is 1.36 bits per heavy atom. The van der Waals surface area contributed by atoms with E-state index in [0.717, 1.165) is 0 Å². The highest BCUT2D eigenvalue weighted by molar-refractivity contribution is 6.42. The van der Waals surface area contributed by atoms with E-state index in [1.165, 1.54) is 0 Å². The van der Waals surface area contributed by atoms with E-state index < -0.39 is 5.38 Å². The molecule has 0 unspecified atom stereocenters. The zero-order valence-electron chi connectivity index (χ0n) is 7.35. The molecule has 0 aliphatic heterocycles. The van der Waals surface area contributed by atoms with Crippen LogP contribution in [0.15, 0.2) is 18.2 Å². The molecule has 14 heavy (non-hydrogen) atoms. The molecule has 0 radical (unpaired) electrons. The lowest BCUT2D eigenvalue weighted by Crippen LogP contribution is -2.20. The van der Waals surface area contributed by atoms with Gasteiger partial charge in [-0.2, -0.15) is 0 Å². The maximum atomic E-state index is 11.2. The molecule has 0 fully saturated rings. The highest BCUT2D eigenvalue weighted by Crippen LogP contribution is 2.25. The number of carbonyl (C=O) groups excluding carboxylic acids is 1. The summed E-state index contributed by atoms with van der Waals surface area (Å²) in [5.74, 6) is -0.273. The van der Waals surface area contributed by atoms with Gasteiger partial charge in [0.05, 0.1) is 10.0 Å². The van der Waals surface area contributed by atoms with Gasteiger partial charge in [0.15, 0.2) is 0 Å². The minimum Gasteiger partial charge on any atom is -0.325 e. The number of hydrogen-bond donors (Lipinski definition) is 1. The van der Waals surface area contributed by atoms with Gasteiger partial charge in [0.2, 0.25) is 5.91 Å². The van der Waals surface area contributed by atoms with Gasteiger partial charge < -0.3 is 5.32 Å². The van der Waals surface area contributed by atoms with E-state index in [1.54, 1.807) is 25.1 Å². The smallest absolute Gasteiger partial charge is 0.242 e. The quantitative estimate of drug-likeness (QED) is 0.801. The van der Waals surface area contributed by atoms with Gasteiger partial charge in [0, 0.05) is 5.69 Å². The van der Waals surface area contributed by atoms with Gasteiger partial charge in [-0.05, 0) is 25.1 Å². The second kappa shape index (κ2) is 4.87. The minimum atomic E-state index is -0.579. The Morgan fingerprint density at radius 3 is 2.50 bits per heavy atom. The lowest BCUT2D eigenvalue weighted by molar-refractivity contribution is -0.115. The van der Waals surface area contributed by atoms with E-state index in [9.17, 15) is 4.79 Å². The summed E-state index contributed by atoms with van der Waals surface area (Å²) >= 11 is 17.0. The lowest BCUT2D eigenvalue weighted by Gasteiger charge is -2.06. The van der Waals surface area contributed by atoms with Crippen molar-refractivity contribution in [3.8, 4) is 0 Å². The molecule has 76 valence electrons. The van der Waals surface area contributed by atoms with E-state index in [2.05, 4.69) is 5.32 Å². The number of hydrogen-bond acceptors (Lipinski definition) is 1. The SMILES string of the molecule is C[C@H](Cl)C(=O)Nc1ccc(Cl)c(Cl)c1. The number of anilines is 1. The summed E-state index contributed by atoms with van der Waals surface area (Å²) in [4.78, 5) is 11.2. The van der Waals surface area contributed by atoms with Crippen LogP contribution in [0.2, 0.25) is 10.0 Å². The van der Waals surface area contributed by atoms with Crippen molar-refractivity contribution in [3.05, 3.63) is 28.2 Å². The number of carbonyl (C=O) groups is 1. The summed E-state index contributed by atoms with van der Waals surface area (Å²) < 4.78 is 0. The van der Waals surface area contributed by atoms with Crippen LogP contribution in [-0.2, 0) is 4.79 Å². The van der Waals surface area contributed by atoms with Gasteiger partial charge in [-0.25, -0.2) is 0 Å². The number of alkyl halides is 1. The molecule has 1 rings (SSSR count). The molecule has 0 spiro atoms. The number of rotatable bonds is 2. The standard InChI is InChI=1S/C9H8Cl3NO/c1-5(10)9(14)13-6-2-3-7(11)8(12)4-6/h2-5H,1H3,(H,13,14)/t5-/m0/s1. The summed E-state index contributed by atoms with van der Waals surface area (Å²) in [5, 5.41) is 2.86. The normalized spacial score (nSPS) is 12.3. The first-order valence-corrected chi connectivity index (χ1v) is 5.10. The van der Waals surface area contributed by atoms with Crippen molar-refractivity contribution in [2.24, 2.45) is 0 Å². The molecule has 1 atom stereocenters. The molecule has 0 aromatic heterocycles. The maximum Gasteiger partial charge on any atom is 0.242 e. The Kier molecular flexibility index (Phi) is 4.05. The summed E-state index contributed by atoms with van der Waals surface area (Å²) in [6.45, 7) is 1.59. The predicted octanol–water partition coefficient (Wildman–Crippen LogP) is 3.56. The van der Waals surface area contributed by atoms with E-state index in [-0.39, 0.29) is 5.91 Å². The molecule has 5 heteroatoms. The molecule has 0 bridgehead atoms. The zero-order valence-corrected chi connectivity index (χ0v) is 9.62. The van der Waals surface area contributed by atoms with Crippen LogP contribution < -0.4 is 5.32 Å². The number of nitrogens with one attached hydrogen (secondary N) is 1. The van der Waals surface area contributed by atoms with Crippen molar-refractivity contribution in [1.29, 1.82) is 0 Å². The first-order valence-electron chi connectivity index (χ1n) is 3.90. The van der Waals surface area contributed by atoms with Crippen molar-refractivity contribution >= 4 is 46.4 Å². The number of halogens is 3. The van der Waals surface area contributed by atoms with Crippen molar-refractivity contribution in [2.45, 2.75) is 12.3 Å². The van der Waals surface area contributed by atoms with E-state index in [0.29, 0.717) is 15.7 Å². The Morgan fingerprint density at radius 2 is 2.00 bits per heavy atom. The van der Waals surface area contributed by atoms with Crippen molar-refractivity contribution in [3.63, 3.8) is 0 Å². The maximum absolute atomic E-state index is 11.2. The average Bonchev–Trinajstić information content (AvgIpc) is 2.11. The summed E-state index contributed by atoms with van der Waals surface area (Å²) in [5.41, 5.74) is 0.580. The monoisotopic (exact) mass is 251 g/mol. The third-order valence-corrected chi connectivity index (χ3v) is 2.49. The molecule has 0 aliphatic rings. The predicted molar refractivity (Wildman–Crippen MR) is 60.4 cm³/mol. The molecule has 2 nitrogen and oxygen atoms in total. The third kappa shape index (κ3) is 3.05. The Labute approximate surface area is 97.1 Å². The summed E-state index contributed by atoms with van der Waals surface area (Å²) in [6.07, 6.45) is 0. The first-order chi connectivity index (χ1) is 6.50. The Bertz CT molecular complexity index is 352. The molecule has 1 amide bonds. The Hall–Kier alpha value is -0.440. The van der Waals surface area contributed by atoms with Crippen LogP contribution in [0, 0.1) is 0 Å². The van der Waals surface area contributed by atoms with E-state index in [4.69, 9.17) is 34.8 Å². The first kappa shape index (κ1) is 11.6. The van der Waals surface area contributed by atoms with Gasteiger partial charge in [0.25, 0.3) is 0 Å². The fourth-order valence-corrected chi connectivity index (χ4v) is 1.17. The van der Waals surface area contributed by atoms with E-state index >= 15 is 0 Å². The van der Waals surface area contributed by atoms with Gasteiger partial charge in [0.1, 0.15) is 5.38 Å². The molecule has 0 aliphatic carbocycles. The van der Waals surface area contributed by atoms with E-state index in [1.807, 2.05) is 0 Å². The second-order valence-corrected chi connectivity index (χ2v) is 4.20. The summed E-state index contributed by atoms with van der Waals surface area (Å²) in [7, 11) is 0. The zero-order chi connectivity index (χ0) is 10.7. The largest absolute Gasteiger partial charge is 0.325 e. The lowest BCUT2D eigenvalue weighted by atomic mass is 10.3. The number of amides is 1. The topological polar surface area (TPSA) is 29.1 Å². The highest BCUT2D eigenvalue weighted by atomic mass is 35.5. The number of benzene rings is 1. The van der Waals surface area contributed by atoms with Crippen molar-refractivity contribution < 1.29 is 4.79 Å². The van der Waals surface area contributed by atoms with Gasteiger partial charge in [-0.3, -0.25) is 4.79 Å². The second-order valence-electron chi connectivity index (χ2n) is 2.73. The van der Waals surface area contributed by atoms with Gasteiger partial charge >= 0.3 is 0 Å². The van der Waals surface area contributed by atoms with Crippen LogP contribution in [-0.4, -0.2) is 11.3 Å². The van der Waals surface area contributed by atoms with Crippen LogP contribution in [0.5, 0.6) is 0 Å². The van der Waals surface area contributed by atoms with Gasteiger partial charge in [-0.15, -0.1) is 11.6 Å². The molecule has 1 aromatic carbocycles. The molecular formula is C9H8Cl3NO. The highest BCUT2D eigenvalue weighted by Gasteiger charge is 2.09. The Balaban J connectivity index is 2.78.